The van der Waals surface area contributed by atoms with E-state index >= 15 is 0 Å². The number of thiophene rings is 1. The highest BCUT2D eigenvalue weighted by Crippen LogP contribution is 2.27. The van der Waals surface area contributed by atoms with Crippen molar-refractivity contribution in [3.63, 3.8) is 0 Å². The summed E-state index contributed by atoms with van der Waals surface area (Å²) in [5.74, 6) is -0.137. The molecule has 1 heterocycles. The van der Waals surface area contributed by atoms with Crippen molar-refractivity contribution in [3.8, 4) is 0 Å². The second-order valence-electron chi connectivity index (χ2n) is 4.93. The molecule has 0 aliphatic heterocycles. The second-order valence-corrected chi connectivity index (χ2v) is 7.47. The Labute approximate surface area is 132 Å². The Morgan fingerprint density at radius 1 is 1.30 bits per heavy atom. The molecule has 0 saturated carbocycles. The van der Waals surface area contributed by atoms with E-state index in [1.807, 2.05) is 19.1 Å². The summed E-state index contributed by atoms with van der Waals surface area (Å²) in [6, 6.07) is 9.86. The Hall–Kier alpha value is -0.710. The quantitative estimate of drug-likeness (QED) is 0.746. The monoisotopic (exact) mass is 355 g/mol. The number of halogens is 2. The van der Waals surface area contributed by atoms with Gasteiger partial charge in [0.15, 0.2) is 0 Å². The minimum absolute atomic E-state index is 0.137. The molecule has 0 bridgehead atoms. The Morgan fingerprint density at radius 2 is 2.10 bits per heavy atom. The fraction of sp³-hybridized carbons (Fsp3) is 0.375. The van der Waals surface area contributed by atoms with Crippen molar-refractivity contribution in [2.45, 2.75) is 32.7 Å². The average Bonchev–Trinajstić information content (AvgIpc) is 2.83. The molecule has 2 rings (SSSR count). The van der Waals surface area contributed by atoms with Crippen molar-refractivity contribution >= 4 is 27.3 Å². The van der Waals surface area contributed by atoms with Crippen molar-refractivity contribution in [2.24, 2.45) is 0 Å². The van der Waals surface area contributed by atoms with Crippen LogP contribution in [0.3, 0.4) is 0 Å². The van der Waals surface area contributed by atoms with E-state index in [4.69, 9.17) is 0 Å². The molecule has 0 amide bonds. The Kier molecular flexibility index (Phi) is 5.75. The van der Waals surface area contributed by atoms with Crippen molar-refractivity contribution in [1.29, 1.82) is 0 Å². The highest BCUT2D eigenvalue weighted by molar-refractivity contribution is 9.11. The molecule has 4 heteroatoms. The number of nitrogens with one attached hydrogen (secondary N) is 1. The summed E-state index contributed by atoms with van der Waals surface area (Å²) in [7, 11) is 0. The maximum absolute atomic E-state index is 13.4. The highest BCUT2D eigenvalue weighted by Gasteiger charge is 2.14. The van der Waals surface area contributed by atoms with Crippen LogP contribution in [0.2, 0.25) is 0 Å². The van der Waals surface area contributed by atoms with E-state index in [0.717, 1.165) is 28.7 Å². The first-order chi connectivity index (χ1) is 9.60. The van der Waals surface area contributed by atoms with E-state index in [9.17, 15) is 4.39 Å². The van der Waals surface area contributed by atoms with Crippen LogP contribution in [-0.4, -0.2) is 6.54 Å². The summed E-state index contributed by atoms with van der Waals surface area (Å²) < 4.78 is 14.6. The van der Waals surface area contributed by atoms with Gasteiger partial charge in [-0.25, -0.2) is 4.39 Å². The number of rotatable bonds is 6. The van der Waals surface area contributed by atoms with Crippen LogP contribution >= 0.6 is 27.3 Å². The first kappa shape index (κ1) is 15.7. The molecule has 108 valence electrons. The number of hydrogen-bond donors (Lipinski definition) is 1. The summed E-state index contributed by atoms with van der Waals surface area (Å²) in [5.41, 5.74) is 1.86. The molecule has 20 heavy (non-hydrogen) atoms. The molecule has 2 aromatic rings. The van der Waals surface area contributed by atoms with Gasteiger partial charge in [0.25, 0.3) is 0 Å². The molecule has 1 nitrogen and oxygen atoms in total. The molecule has 1 aromatic carbocycles. The smallest absolute Gasteiger partial charge is 0.126 e. The molecule has 0 radical (unpaired) electrons. The maximum atomic E-state index is 13.4. The topological polar surface area (TPSA) is 12.0 Å². The van der Waals surface area contributed by atoms with Crippen LogP contribution in [0.4, 0.5) is 4.39 Å². The summed E-state index contributed by atoms with van der Waals surface area (Å²) in [5, 5.41) is 3.56. The molecule has 1 aromatic heterocycles. The van der Waals surface area contributed by atoms with E-state index in [1.54, 1.807) is 17.4 Å². The number of aryl methyl sites for hydroxylation is 1. The van der Waals surface area contributed by atoms with Crippen molar-refractivity contribution < 1.29 is 4.39 Å². The van der Waals surface area contributed by atoms with Gasteiger partial charge >= 0.3 is 0 Å². The third-order valence-electron chi connectivity index (χ3n) is 3.26. The van der Waals surface area contributed by atoms with Gasteiger partial charge in [-0.15, -0.1) is 11.3 Å². The van der Waals surface area contributed by atoms with Gasteiger partial charge < -0.3 is 5.32 Å². The predicted molar refractivity (Wildman–Crippen MR) is 87.9 cm³/mol. The molecule has 0 aliphatic rings. The molecular formula is C16H19BrFNS. The van der Waals surface area contributed by atoms with E-state index in [1.165, 1.54) is 4.88 Å². The normalized spacial score (nSPS) is 12.6. The SMILES string of the molecule is CCCNC(Cc1ccc(Br)s1)c1ccc(F)c(C)c1. The third-order valence-corrected chi connectivity index (χ3v) is 4.91. The van der Waals surface area contributed by atoms with Gasteiger partial charge in [-0.2, -0.15) is 0 Å². The van der Waals surface area contributed by atoms with Crippen LogP contribution in [-0.2, 0) is 6.42 Å². The van der Waals surface area contributed by atoms with Crippen LogP contribution < -0.4 is 5.32 Å². The molecule has 0 spiro atoms. The number of hydrogen-bond acceptors (Lipinski definition) is 2. The molecule has 1 N–H and O–H groups in total. The molecule has 0 saturated heterocycles. The standard InChI is InChI=1S/C16H19BrFNS/c1-3-8-19-15(10-13-5-7-16(17)20-13)12-4-6-14(18)11(2)9-12/h4-7,9,15,19H,3,8,10H2,1-2H3. The molecule has 1 atom stereocenters. The van der Waals surface area contributed by atoms with Crippen molar-refractivity contribution in [2.75, 3.05) is 6.54 Å². The van der Waals surface area contributed by atoms with Gasteiger partial charge in [-0.05, 0) is 65.1 Å². The van der Waals surface area contributed by atoms with Crippen LogP contribution in [0.1, 0.15) is 35.4 Å². The van der Waals surface area contributed by atoms with E-state index in [2.05, 4.69) is 40.3 Å². The Balaban J connectivity index is 2.19. The summed E-state index contributed by atoms with van der Waals surface area (Å²) in [6.45, 7) is 4.94. The fourth-order valence-corrected chi connectivity index (χ4v) is 3.70. The zero-order valence-corrected chi connectivity index (χ0v) is 14.2. The van der Waals surface area contributed by atoms with E-state index in [-0.39, 0.29) is 11.9 Å². The Bertz CT molecular complexity index is 567. The van der Waals surface area contributed by atoms with Crippen molar-refractivity contribution in [1.82, 2.24) is 5.32 Å². The fourth-order valence-electron chi connectivity index (χ4n) is 2.17. The maximum Gasteiger partial charge on any atom is 0.126 e. The van der Waals surface area contributed by atoms with Crippen LogP contribution in [0.25, 0.3) is 0 Å². The first-order valence-electron chi connectivity index (χ1n) is 6.83. The van der Waals surface area contributed by atoms with Gasteiger partial charge in [0, 0.05) is 17.3 Å². The summed E-state index contributed by atoms with van der Waals surface area (Å²) in [6.07, 6.45) is 2.02. The van der Waals surface area contributed by atoms with E-state index in [0.29, 0.717) is 5.56 Å². The summed E-state index contributed by atoms with van der Waals surface area (Å²) >= 11 is 5.25. The van der Waals surface area contributed by atoms with Crippen LogP contribution in [0, 0.1) is 12.7 Å². The zero-order chi connectivity index (χ0) is 14.5. The Morgan fingerprint density at radius 3 is 2.70 bits per heavy atom. The van der Waals surface area contributed by atoms with Gasteiger partial charge in [0.2, 0.25) is 0 Å². The lowest BCUT2D eigenvalue weighted by atomic mass is 10.0. The third kappa shape index (κ3) is 4.14. The van der Waals surface area contributed by atoms with E-state index < -0.39 is 0 Å². The first-order valence-corrected chi connectivity index (χ1v) is 8.44. The lowest BCUT2D eigenvalue weighted by Crippen LogP contribution is -2.24. The summed E-state index contributed by atoms with van der Waals surface area (Å²) in [4.78, 5) is 1.33. The molecular weight excluding hydrogens is 337 g/mol. The molecule has 1 unspecified atom stereocenters. The number of benzene rings is 1. The van der Waals surface area contributed by atoms with Gasteiger partial charge in [-0.3, -0.25) is 0 Å². The zero-order valence-electron chi connectivity index (χ0n) is 11.7. The van der Waals surface area contributed by atoms with Crippen LogP contribution in [0.15, 0.2) is 34.1 Å². The lowest BCUT2D eigenvalue weighted by molar-refractivity contribution is 0.529. The predicted octanol–water partition coefficient (Wildman–Crippen LogP) is 5.24. The van der Waals surface area contributed by atoms with Crippen LogP contribution in [0.5, 0.6) is 0 Å². The average molecular weight is 356 g/mol. The second kappa shape index (κ2) is 7.34. The van der Waals surface area contributed by atoms with Gasteiger partial charge in [0.1, 0.15) is 5.82 Å². The lowest BCUT2D eigenvalue weighted by Gasteiger charge is -2.19. The largest absolute Gasteiger partial charge is 0.310 e. The van der Waals surface area contributed by atoms with Crippen molar-refractivity contribution in [3.05, 3.63) is 55.9 Å². The highest BCUT2D eigenvalue weighted by atomic mass is 79.9. The minimum atomic E-state index is -0.137. The van der Waals surface area contributed by atoms with Gasteiger partial charge in [-0.1, -0.05) is 19.1 Å². The molecule has 0 aliphatic carbocycles. The van der Waals surface area contributed by atoms with Gasteiger partial charge in [0.05, 0.1) is 3.79 Å². The molecule has 0 fully saturated rings. The minimum Gasteiger partial charge on any atom is -0.310 e.